The lowest BCUT2D eigenvalue weighted by Gasteiger charge is -2.21. The minimum Gasteiger partial charge on any atom is -0.462 e. The maximum atomic E-state index is 13.1. The van der Waals surface area contributed by atoms with E-state index in [1.807, 2.05) is 0 Å². The Morgan fingerprint density at radius 2 is 0.491 bits per heavy atom. The summed E-state index contributed by atoms with van der Waals surface area (Å²) in [5.74, 6) is -2.20. The number of phosphoric acid groups is 2. The molecule has 5 unspecified atom stereocenters. The number of esters is 4. The van der Waals surface area contributed by atoms with Gasteiger partial charge in [0.1, 0.15) is 19.3 Å². The Morgan fingerprint density at radius 3 is 0.783 bits per heavy atom. The van der Waals surface area contributed by atoms with Crippen molar-refractivity contribution < 1.29 is 80.2 Å². The topological polar surface area (TPSA) is 237 Å². The summed E-state index contributed by atoms with van der Waals surface area (Å²) in [7, 11) is -9.97. The summed E-state index contributed by atoms with van der Waals surface area (Å²) in [4.78, 5) is 73.2. The van der Waals surface area contributed by atoms with Crippen LogP contribution in [0.1, 0.15) is 374 Å². The first-order valence-electron chi connectivity index (χ1n) is 42.5. The van der Waals surface area contributed by atoms with Crippen molar-refractivity contribution in [1.82, 2.24) is 0 Å². The second-order valence-electron chi connectivity index (χ2n) is 28.4. The third-order valence-corrected chi connectivity index (χ3v) is 19.9. The van der Waals surface area contributed by atoms with Gasteiger partial charge in [0.2, 0.25) is 0 Å². The highest BCUT2D eigenvalue weighted by Crippen LogP contribution is 2.45. The molecule has 0 saturated heterocycles. The van der Waals surface area contributed by atoms with E-state index in [9.17, 15) is 43.2 Å². The number of phosphoric ester groups is 2. The molecule has 3 N–H and O–H groups in total. The molecule has 0 bridgehead atoms. The van der Waals surface area contributed by atoms with Crippen molar-refractivity contribution in [2.75, 3.05) is 39.6 Å². The highest BCUT2D eigenvalue weighted by molar-refractivity contribution is 7.47. The summed E-state index contributed by atoms with van der Waals surface area (Å²) in [6.45, 7) is 4.75. The van der Waals surface area contributed by atoms with E-state index in [1.165, 1.54) is 122 Å². The molecule has 0 aromatic heterocycles. The van der Waals surface area contributed by atoms with Gasteiger partial charge >= 0.3 is 39.5 Å². The number of allylic oxidation sites excluding steroid dienone is 16. The van der Waals surface area contributed by atoms with E-state index in [-0.39, 0.29) is 25.7 Å². The van der Waals surface area contributed by atoms with Crippen LogP contribution in [0.5, 0.6) is 0 Å². The summed E-state index contributed by atoms with van der Waals surface area (Å²) in [6.07, 6.45) is 85.1. The molecule has 0 aliphatic carbocycles. The van der Waals surface area contributed by atoms with Gasteiger partial charge in [0.25, 0.3) is 0 Å². The smallest absolute Gasteiger partial charge is 0.462 e. The van der Waals surface area contributed by atoms with Crippen LogP contribution in [0.2, 0.25) is 0 Å². The molecule has 0 heterocycles. The van der Waals surface area contributed by atoms with Gasteiger partial charge in [-0.3, -0.25) is 37.3 Å². The molecule has 5 atom stereocenters. The molecule has 0 spiro atoms. The molecule has 614 valence electrons. The minimum absolute atomic E-state index is 0.0830. The number of unbranched alkanes of at least 4 members (excludes halogenated alkanes) is 38. The van der Waals surface area contributed by atoms with Crippen molar-refractivity contribution >= 4 is 39.5 Å². The Bertz CT molecular complexity index is 2380. The second-order valence-corrected chi connectivity index (χ2v) is 31.3. The zero-order chi connectivity index (χ0) is 77.4. The monoisotopic (exact) mass is 1530 g/mol. The summed E-state index contributed by atoms with van der Waals surface area (Å²) < 4.78 is 68.8. The molecule has 0 amide bonds. The molecule has 19 heteroatoms. The van der Waals surface area contributed by atoms with Crippen molar-refractivity contribution in [1.29, 1.82) is 0 Å². The van der Waals surface area contributed by atoms with E-state index >= 15 is 0 Å². The number of carbonyl (C=O) groups excluding carboxylic acids is 4. The van der Waals surface area contributed by atoms with Crippen molar-refractivity contribution in [3.8, 4) is 0 Å². The zero-order valence-electron chi connectivity index (χ0n) is 67.3. The summed E-state index contributed by atoms with van der Waals surface area (Å²) in [5, 5.41) is 10.7. The third-order valence-electron chi connectivity index (χ3n) is 18.0. The van der Waals surface area contributed by atoms with Gasteiger partial charge in [0, 0.05) is 25.7 Å². The van der Waals surface area contributed by atoms with E-state index in [0.29, 0.717) is 25.7 Å². The Hall–Kier alpha value is -4.02. The normalized spacial score (nSPS) is 14.3. The molecule has 0 aliphatic rings. The van der Waals surface area contributed by atoms with Crippen molar-refractivity contribution in [2.24, 2.45) is 0 Å². The van der Waals surface area contributed by atoms with Crippen LogP contribution in [0.4, 0.5) is 0 Å². The summed E-state index contributed by atoms with van der Waals surface area (Å²) >= 11 is 0. The van der Waals surface area contributed by atoms with Crippen LogP contribution >= 0.6 is 15.6 Å². The van der Waals surface area contributed by atoms with Crippen LogP contribution < -0.4 is 0 Å². The SMILES string of the molecule is CC/C=C\C/C=C\C/C=C\C/C=C\CCCCCCC(=O)OCC(COP(=O)(O)OCC(O)COP(=O)(O)OCC(COC(=O)CCCCCCCC/C=C\C/C=C\C/C=C\CCCCC)OC(=O)CCCCCCC/C=C\CCCCCCCC)OC(=O)CCCCCCCCCCCCCCCCC. The van der Waals surface area contributed by atoms with Gasteiger partial charge in [-0.2, -0.15) is 0 Å². The predicted molar refractivity (Wildman–Crippen MR) is 436 cm³/mol. The third kappa shape index (κ3) is 78.1. The van der Waals surface area contributed by atoms with Gasteiger partial charge in [0.15, 0.2) is 12.2 Å². The van der Waals surface area contributed by atoms with Crippen molar-refractivity contribution in [3.05, 3.63) is 97.2 Å². The zero-order valence-corrected chi connectivity index (χ0v) is 69.1. The average molecular weight is 1530 g/mol. The predicted octanol–water partition coefficient (Wildman–Crippen LogP) is 25.1. The highest BCUT2D eigenvalue weighted by Gasteiger charge is 2.30. The van der Waals surface area contributed by atoms with Gasteiger partial charge in [-0.15, -0.1) is 0 Å². The fourth-order valence-electron chi connectivity index (χ4n) is 11.6. The Labute approximate surface area is 646 Å². The van der Waals surface area contributed by atoms with Crippen LogP contribution in [0.25, 0.3) is 0 Å². The first kappa shape index (κ1) is 102. The minimum atomic E-state index is -4.98. The molecule has 0 rings (SSSR count). The summed E-state index contributed by atoms with van der Waals surface area (Å²) in [5.41, 5.74) is 0. The molecular weight excluding hydrogens is 1380 g/mol. The van der Waals surface area contributed by atoms with Crippen molar-refractivity contribution in [3.63, 3.8) is 0 Å². The number of rotatable bonds is 80. The van der Waals surface area contributed by atoms with Crippen LogP contribution in [0.3, 0.4) is 0 Å². The van der Waals surface area contributed by atoms with Crippen LogP contribution in [-0.2, 0) is 65.4 Å². The Kier molecular flexibility index (Phi) is 76.1. The maximum absolute atomic E-state index is 13.1. The van der Waals surface area contributed by atoms with E-state index in [0.717, 1.165) is 173 Å². The number of aliphatic hydroxyl groups excluding tert-OH is 1. The molecule has 0 aromatic carbocycles. The van der Waals surface area contributed by atoms with Crippen LogP contribution in [0.15, 0.2) is 97.2 Å². The van der Waals surface area contributed by atoms with Gasteiger partial charge in [-0.1, -0.05) is 318 Å². The molecule has 106 heavy (non-hydrogen) atoms. The lowest BCUT2D eigenvalue weighted by Crippen LogP contribution is -2.30. The largest absolute Gasteiger partial charge is 0.472 e. The molecule has 0 fully saturated rings. The van der Waals surface area contributed by atoms with Gasteiger partial charge in [-0.05, 0) is 128 Å². The standard InChI is InChI=1S/C87H154O17P2/c1-5-9-13-17-21-25-29-33-37-39-40-42-46-48-52-56-60-64-68-72-85(90)98-78-83(104-87(92)74-70-66-62-58-54-50-44-36-32-28-24-20-16-12-8-4)80-102-106(95,96)100-76-81(88)75-99-105(93,94)101-79-82(103-86(91)73-69-65-61-57-53-49-43-35-31-27-23-19-15-11-7-3)77-97-84(89)71-67-63-59-55-51-47-45-41-38-34-30-26-22-18-14-10-6-2/h10,14,21-22,25-26,33-34,36-38,40,42,44-45,47,81-83,88H,5-9,11-13,15-20,23-24,27-32,35,39,41,43,46,48-80H2,1-4H3,(H,93,94)(H,95,96)/b14-10-,25-21-,26-22-,37-33-,38-34-,42-40-,44-36-,47-45-. The maximum Gasteiger partial charge on any atom is 0.472 e. The Balaban J connectivity index is 5.37. The molecule has 0 radical (unpaired) electrons. The second kappa shape index (κ2) is 79.1. The van der Waals surface area contributed by atoms with E-state index in [4.69, 9.17) is 37.0 Å². The van der Waals surface area contributed by atoms with E-state index in [1.54, 1.807) is 0 Å². The number of hydrogen-bond acceptors (Lipinski definition) is 15. The highest BCUT2D eigenvalue weighted by atomic mass is 31.2. The molecule has 0 aliphatic heterocycles. The summed E-state index contributed by atoms with van der Waals surface area (Å²) in [6, 6.07) is 0. The van der Waals surface area contributed by atoms with Crippen LogP contribution in [0, 0.1) is 0 Å². The van der Waals surface area contributed by atoms with Crippen molar-refractivity contribution in [2.45, 2.75) is 393 Å². The average Bonchev–Trinajstić information content (AvgIpc) is 0.928. The fraction of sp³-hybridized carbons (Fsp3) is 0.770. The molecular formula is C87H154O17P2. The number of hydrogen-bond donors (Lipinski definition) is 3. The molecule has 0 aromatic rings. The number of ether oxygens (including phenoxy) is 4. The Morgan fingerprint density at radius 1 is 0.274 bits per heavy atom. The lowest BCUT2D eigenvalue weighted by molar-refractivity contribution is -0.161. The van der Waals surface area contributed by atoms with Gasteiger partial charge < -0.3 is 33.8 Å². The van der Waals surface area contributed by atoms with Gasteiger partial charge in [-0.25, -0.2) is 9.13 Å². The van der Waals surface area contributed by atoms with Crippen LogP contribution in [-0.4, -0.2) is 96.7 Å². The van der Waals surface area contributed by atoms with E-state index in [2.05, 4.69) is 125 Å². The quantitative estimate of drug-likeness (QED) is 0.0169. The number of carbonyl (C=O) groups is 4. The lowest BCUT2D eigenvalue weighted by atomic mass is 10.0. The van der Waals surface area contributed by atoms with Gasteiger partial charge in [0.05, 0.1) is 26.4 Å². The first-order chi connectivity index (χ1) is 51.7. The fourth-order valence-corrected chi connectivity index (χ4v) is 13.1. The molecule has 17 nitrogen and oxygen atoms in total. The first-order valence-corrected chi connectivity index (χ1v) is 45.5. The molecule has 0 saturated carbocycles. The number of aliphatic hydroxyl groups is 1. The van der Waals surface area contributed by atoms with E-state index < -0.39 is 97.5 Å².